The van der Waals surface area contributed by atoms with Crippen molar-refractivity contribution < 1.29 is 22.7 Å². The highest BCUT2D eigenvalue weighted by Gasteiger charge is 2.32. The zero-order valence-corrected chi connectivity index (χ0v) is 27.6. The second-order valence-electron chi connectivity index (χ2n) is 9.59. The Morgan fingerprint density at radius 2 is 1.71 bits per heavy atom. The van der Waals surface area contributed by atoms with Gasteiger partial charge in [-0.3, -0.25) is 13.9 Å². The van der Waals surface area contributed by atoms with Crippen molar-refractivity contribution in [3.63, 3.8) is 0 Å². The van der Waals surface area contributed by atoms with Crippen LogP contribution in [-0.2, 0) is 26.2 Å². The summed E-state index contributed by atoms with van der Waals surface area (Å²) in [5, 5.41) is 2.90. The fourth-order valence-corrected chi connectivity index (χ4v) is 6.50. The molecule has 11 heteroatoms. The predicted octanol–water partition coefficient (Wildman–Crippen LogP) is 6.10. The first-order valence-electron chi connectivity index (χ1n) is 13.8. The van der Waals surface area contributed by atoms with Gasteiger partial charge in [-0.05, 0) is 92.8 Å². The van der Waals surface area contributed by atoms with Crippen molar-refractivity contribution in [2.24, 2.45) is 0 Å². The highest BCUT2D eigenvalue weighted by molar-refractivity contribution is 9.10. The summed E-state index contributed by atoms with van der Waals surface area (Å²) >= 11 is 4.97. The third-order valence-corrected chi connectivity index (χ3v) is 9.63. The van der Waals surface area contributed by atoms with Gasteiger partial charge < -0.3 is 15.0 Å². The average Bonchev–Trinajstić information content (AvgIpc) is 2.99. The topological polar surface area (TPSA) is 96.0 Å². The largest absolute Gasteiger partial charge is 0.494 e. The predicted molar refractivity (Wildman–Crippen MR) is 172 cm³/mol. The third-order valence-electron chi connectivity index (χ3n) is 6.60. The van der Waals surface area contributed by atoms with Crippen LogP contribution in [0.5, 0.6) is 5.75 Å². The molecule has 1 N–H and O–H groups in total. The second kappa shape index (κ2) is 16.0. The molecule has 0 aliphatic carbocycles. The number of sulfonamides is 1. The van der Waals surface area contributed by atoms with Crippen molar-refractivity contribution in [2.45, 2.75) is 56.0 Å². The highest BCUT2D eigenvalue weighted by atomic mass is 79.9. The lowest BCUT2D eigenvalue weighted by Gasteiger charge is -2.32. The van der Waals surface area contributed by atoms with Crippen molar-refractivity contribution in [2.75, 3.05) is 30.3 Å². The molecular formula is C31H38BrN3O5S2. The zero-order chi connectivity index (χ0) is 30.7. The highest BCUT2D eigenvalue weighted by Crippen LogP contribution is 2.28. The first kappa shape index (κ1) is 33.5. The van der Waals surface area contributed by atoms with E-state index in [1.165, 1.54) is 28.8 Å². The summed E-state index contributed by atoms with van der Waals surface area (Å²) in [6, 6.07) is 19.7. The molecule has 8 nitrogen and oxygen atoms in total. The number of anilines is 1. The number of hydrogen-bond acceptors (Lipinski definition) is 6. The van der Waals surface area contributed by atoms with Gasteiger partial charge in [0, 0.05) is 22.5 Å². The van der Waals surface area contributed by atoms with Gasteiger partial charge in [0.2, 0.25) is 11.8 Å². The molecule has 0 fully saturated rings. The van der Waals surface area contributed by atoms with E-state index in [1.807, 2.05) is 44.4 Å². The lowest BCUT2D eigenvalue weighted by molar-refractivity contribution is -0.139. The number of carbonyl (C=O) groups is 2. The van der Waals surface area contributed by atoms with Crippen LogP contribution in [0.3, 0.4) is 0 Å². The molecule has 2 amide bonds. The molecule has 3 rings (SSSR count). The number of ether oxygens (including phenoxy) is 1. The Hall–Kier alpha value is -3.02. The summed E-state index contributed by atoms with van der Waals surface area (Å²) in [5.74, 6) is -0.218. The molecule has 226 valence electrons. The van der Waals surface area contributed by atoms with Crippen LogP contribution in [0.15, 0.2) is 87.1 Å². The minimum atomic E-state index is -4.15. The minimum Gasteiger partial charge on any atom is -0.494 e. The number of hydrogen-bond donors (Lipinski definition) is 1. The zero-order valence-electron chi connectivity index (χ0n) is 24.4. The van der Waals surface area contributed by atoms with E-state index in [0.717, 1.165) is 32.1 Å². The van der Waals surface area contributed by atoms with E-state index in [4.69, 9.17) is 4.74 Å². The van der Waals surface area contributed by atoms with Gasteiger partial charge in [-0.15, -0.1) is 11.8 Å². The number of nitrogens with one attached hydrogen (secondary N) is 1. The van der Waals surface area contributed by atoms with Crippen molar-refractivity contribution in [3.8, 4) is 5.75 Å². The van der Waals surface area contributed by atoms with Crippen LogP contribution in [0.1, 0.15) is 39.2 Å². The smallest absolute Gasteiger partial charge is 0.264 e. The van der Waals surface area contributed by atoms with Gasteiger partial charge in [0.15, 0.2) is 0 Å². The molecule has 0 heterocycles. The summed E-state index contributed by atoms with van der Waals surface area (Å²) in [4.78, 5) is 29.5. The van der Waals surface area contributed by atoms with Gasteiger partial charge in [0.25, 0.3) is 10.0 Å². The molecule has 3 aromatic carbocycles. The number of amides is 2. The van der Waals surface area contributed by atoms with Gasteiger partial charge in [0.05, 0.1) is 17.2 Å². The van der Waals surface area contributed by atoms with Crippen LogP contribution in [0.25, 0.3) is 0 Å². The summed E-state index contributed by atoms with van der Waals surface area (Å²) in [6.45, 7) is 6.14. The van der Waals surface area contributed by atoms with E-state index in [1.54, 1.807) is 43.3 Å². The first-order chi connectivity index (χ1) is 20.1. The maximum absolute atomic E-state index is 14.0. The van der Waals surface area contributed by atoms with E-state index in [2.05, 4.69) is 21.2 Å². The molecule has 0 saturated carbocycles. The summed E-state index contributed by atoms with van der Waals surface area (Å²) in [6.07, 6.45) is 3.65. The Kier molecular flexibility index (Phi) is 12.8. The van der Waals surface area contributed by atoms with Crippen molar-refractivity contribution >= 4 is 55.2 Å². The molecule has 0 spiro atoms. The summed E-state index contributed by atoms with van der Waals surface area (Å²) in [5.41, 5.74) is 1.11. The molecule has 0 aromatic heterocycles. The van der Waals surface area contributed by atoms with E-state index in [0.29, 0.717) is 24.6 Å². The van der Waals surface area contributed by atoms with Gasteiger partial charge in [-0.2, -0.15) is 0 Å². The number of unbranched alkanes of at least 4 members (excludes halogenated alkanes) is 1. The maximum Gasteiger partial charge on any atom is 0.264 e. The molecule has 42 heavy (non-hydrogen) atoms. The first-order valence-corrected chi connectivity index (χ1v) is 17.3. The van der Waals surface area contributed by atoms with Crippen LogP contribution in [0.4, 0.5) is 5.69 Å². The minimum absolute atomic E-state index is 0.0610. The summed E-state index contributed by atoms with van der Waals surface area (Å²) in [7, 11) is -4.15. The number of carbonyl (C=O) groups excluding carboxylic acids is 2. The molecule has 0 aliphatic rings. The van der Waals surface area contributed by atoms with Gasteiger partial charge in [-0.1, -0.05) is 41.4 Å². The average molecular weight is 677 g/mol. The van der Waals surface area contributed by atoms with Gasteiger partial charge in [0.1, 0.15) is 18.3 Å². The van der Waals surface area contributed by atoms with Crippen molar-refractivity contribution in [1.82, 2.24) is 10.2 Å². The fraction of sp³-hybridized carbons (Fsp3) is 0.355. The quantitative estimate of drug-likeness (QED) is 0.155. The van der Waals surface area contributed by atoms with Crippen LogP contribution < -0.4 is 14.4 Å². The molecule has 0 aliphatic heterocycles. The Bertz CT molecular complexity index is 1430. The fourth-order valence-electron chi connectivity index (χ4n) is 4.23. The van der Waals surface area contributed by atoms with Gasteiger partial charge in [-0.25, -0.2) is 8.42 Å². The molecule has 1 unspecified atom stereocenters. The Labute approximate surface area is 262 Å². The summed E-state index contributed by atoms with van der Waals surface area (Å²) < 4.78 is 35.5. The molecule has 0 bridgehead atoms. The lowest BCUT2D eigenvalue weighted by Crippen LogP contribution is -2.51. The Morgan fingerprint density at radius 3 is 2.31 bits per heavy atom. The number of halogens is 1. The maximum atomic E-state index is 14.0. The van der Waals surface area contributed by atoms with Crippen LogP contribution in [-0.4, -0.2) is 57.1 Å². The number of benzene rings is 3. The van der Waals surface area contributed by atoms with Crippen LogP contribution >= 0.6 is 27.7 Å². The van der Waals surface area contributed by atoms with Crippen LogP contribution in [0, 0.1) is 0 Å². The second-order valence-corrected chi connectivity index (χ2v) is 13.2. The molecule has 3 aromatic rings. The molecule has 1 atom stereocenters. The molecule has 0 saturated heterocycles. The number of nitrogens with zero attached hydrogens (tertiary/aromatic N) is 2. The monoisotopic (exact) mass is 675 g/mol. The number of thioether (sulfide) groups is 1. The lowest BCUT2D eigenvalue weighted by atomic mass is 10.1. The Balaban J connectivity index is 2.01. The van der Waals surface area contributed by atoms with E-state index in [-0.39, 0.29) is 17.3 Å². The van der Waals surface area contributed by atoms with E-state index >= 15 is 0 Å². The Morgan fingerprint density at radius 1 is 1.02 bits per heavy atom. The van der Waals surface area contributed by atoms with Crippen molar-refractivity contribution in [1.29, 1.82) is 0 Å². The van der Waals surface area contributed by atoms with E-state index in [9.17, 15) is 18.0 Å². The normalized spacial score (nSPS) is 11.9. The van der Waals surface area contributed by atoms with Gasteiger partial charge >= 0.3 is 0 Å². The van der Waals surface area contributed by atoms with Crippen LogP contribution in [0.2, 0.25) is 0 Å². The van der Waals surface area contributed by atoms with E-state index < -0.39 is 28.5 Å². The standard InChI is InChI=1S/C31H38BrN3O5S2/c1-5-7-19-33-31(37)23(3)34(21-24-9-8-10-25(32)20-24)30(36)22-35(26-11-13-27(14-12-26)40-6-2)42(38,39)29-17-15-28(41-4)16-18-29/h8-18,20,23H,5-7,19,21-22H2,1-4H3,(H,33,37). The SMILES string of the molecule is CCCCNC(=O)C(C)N(Cc1cccc(Br)c1)C(=O)CN(c1ccc(OCC)cc1)S(=O)(=O)c1ccc(SC)cc1. The molecule has 0 radical (unpaired) electrons. The number of rotatable bonds is 15. The van der Waals surface area contributed by atoms with Crippen molar-refractivity contribution in [3.05, 3.63) is 82.8 Å². The molecular weight excluding hydrogens is 638 g/mol. The third kappa shape index (κ3) is 8.99.